The minimum atomic E-state index is -0.449. The van der Waals surface area contributed by atoms with Crippen LogP contribution in [0.5, 0.6) is 11.5 Å². The van der Waals surface area contributed by atoms with Gasteiger partial charge in [0, 0.05) is 10.6 Å². The number of rotatable bonds is 7. The Bertz CT molecular complexity index is 1320. The van der Waals surface area contributed by atoms with Crippen LogP contribution < -0.4 is 14.4 Å². The number of thioether (sulfide) groups is 1. The summed E-state index contributed by atoms with van der Waals surface area (Å²) in [5, 5.41) is 0.630. The first-order valence-electron chi connectivity index (χ1n) is 10.4. The molecule has 0 bridgehead atoms. The Morgan fingerprint density at radius 3 is 2.49 bits per heavy atom. The zero-order valence-corrected chi connectivity index (χ0v) is 21.2. The molecule has 0 aromatic heterocycles. The molecule has 6 nitrogen and oxygen atoms in total. The van der Waals surface area contributed by atoms with Crippen molar-refractivity contribution in [2.75, 3.05) is 19.1 Å². The molecule has 0 N–H and O–H groups in total. The maximum atomic E-state index is 13.1. The van der Waals surface area contributed by atoms with Crippen molar-refractivity contribution in [1.29, 1.82) is 0 Å². The molecule has 0 spiro atoms. The zero-order valence-electron chi connectivity index (χ0n) is 18.8. The third-order valence-electron chi connectivity index (χ3n) is 5.17. The summed E-state index contributed by atoms with van der Waals surface area (Å²) in [5.74, 6) is 0.390. The van der Waals surface area contributed by atoms with Crippen LogP contribution in [0.25, 0.3) is 6.08 Å². The number of carbonyl (C=O) groups excluding carboxylic acids is 2. The molecule has 3 aromatic rings. The Hall–Kier alpha value is -3.33. The van der Waals surface area contributed by atoms with E-state index in [0.29, 0.717) is 43.6 Å². The molecule has 1 saturated heterocycles. The summed E-state index contributed by atoms with van der Waals surface area (Å²) in [6.45, 7) is 0.294. The number of nitrogens with zero attached hydrogens (tertiary/aromatic N) is 1. The molecule has 1 fully saturated rings. The smallest absolute Gasteiger partial charge is 0.337 e. The largest absolute Gasteiger partial charge is 0.493 e. The van der Waals surface area contributed by atoms with Crippen molar-refractivity contribution in [2.45, 2.75) is 6.61 Å². The average Bonchev–Trinajstić information content (AvgIpc) is 3.15. The van der Waals surface area contributed by atoms with Crippen molar-refractivity contribution in [3.8, 4) is 11.5 Å². The molecule has 1 amide bonds. The molecular formula is C26H20ClNO5S2. The second-order valence-electron chi connectivity index (χ2n) is 7.35. The summed E-state index contributed by atoms with van der Waals surface area (Å²) in [5.41, 5.74) is 2.59. The SMILES string of the molecule is COC(=O)c1ccc(N2C(=O)/C(=C/c3ccc(OCc4ccccc4Cl)c(OC)c3)SC2=S)cc1. The van der Waals surface area contributed by atoms with Gasteiger partial charge in [-0.1, -0.05) is 59.8 Å². The average molecular weight is 526 g/mol. The minimum Gasteiger partial charge on any atom is -0.493 e. The highest BCUT2D eigenvalue weighted by molar-refractivity contribution is 8.27. The predicted molar refractivity (Wildman–Crippen MR) is 142 cm³/mol. The number of halogens is 1. The minimum absolute atomic E-state index is 0.246. The molecule has 1 aliphatic rings. The molecular weight excluding hydrogens is 506 g/mol. The lowest BCUT2D eigenvalue weighted by atomic mass is 10.1. The van der Waals surface area contributed by atoms with Crippen LogP contribution >= 0.6 is 35.6 Å². The quantitative estimate of drug-likeness (QED) is 0.209. The van der Waals surface area contributed by atoms with Crippen LogP contribution in [0.2, 0.25) is 5.02 Å². The van der Waals surface area contributed by atoms with Gasteiger partial charge >= 0.3 is 5.97 Å². The molecule has 1 heterocycles. The molecule has 0 aliphatic carbocycles. The Labute approximate surface area is 217 Å². The van der Waals surface area contributed by atoms with E-state index in [1.54, 1.807) is 49.6 Å². The first-order chi connectivity index (χ1) is 16.9. The summed E-state index contributed by atoms with van der Waals surface area (Å²) in [4.78, 5) is 26.7. The van der Waals surface area contributed by atoms with E-state index in [-0.39, 0.29) is 5.91 Å². The molecule has 0 atom stereocenters. The van der Waals surface area contributed by atoms with Crippen molar-refractivity contribution >= 4 is 63.5 Å². The van der Waals surface area contributed by atoms with E-state index < -0.39 is 5.97 Å². The molecule has 3 aromatic carbocycles. The maximum Gasteiger partial charge on any atom is 0.337 e. The number of methoxy groups -OCH3 is 2. The number of anilines is 1. The van der Waals surface area contributed by atoms with E-state index in [1.165, 1.54) is 23.8 Å². The standard InChI is InChI=1S/C26H20ClNO5S2/c1-31-22-13-16(7-12-21(22)33-15-18-5-3-4-6-20(18)27)14-23-24(29)28(26(34)35-23)19-10-8-17(9-11-19)25(30)32-2/h3-14H,15H2,1-2H3/b23-14-. The van der Waals surface area contributed by atoms with Crippen molar-refractivity contribution in [3.63, 3.8) is 0 Å². The Morgan fingerprint density at radius 2 is 1.80 bits per heavy atom. The lowest BCUT2D eigenvalue weighted by Gasteiger charge is -2.14. The number of thiocarbonyl (C=S) groups is 1. The molecule has 9 heteroatoms. The highest BCUT2D eigenvalue weighted by Gasteiger charge is 2.33. The van der Waals surface area contributed by atoms with Crippen LogP contribution in [0.1, 0.15) is 21.5 Å². The summed E-state index contributed by atoms with van der Waals surface area (Å²) in [7, 11) is 2.87. The molecule has 0 saturated carbocycles. The van der Waals surface area contributed by atoms with Gasteiger partial charge in [0.05, 0.1) is 30.4 Å². The van der Waals surface area contributed by atoms with E-state index in [4.69, 9.17) is 38.0 Å². The lowest BCUT2D eigenvalue weighted by Crippen LogP contribution is -2.27. The van der Waals surface area contributed by atoms with Gasteiger partial charge < -0.3 is 14.2 Å². The molecule has 4 rings (SSSR count). The van der Waals surface area contributed by atoms with Crippen molar-refractivity contribution in [1.82, 2.24) is 0 Å². The second kappa shape index (κ2) is 10.9. The first kappa shape index (κ1) is 24.8. The summed E-state index contributed by atoms with van der Waals surface area (Å²) in [6.07, 6.45) is 1.75. The van der Waals surface area contributed by atoms with E-state index in [1.807, 2.05) is 30.3 Å². The van der Waals surface area contributed by atoms with Crippen molar-refractivity contribution < 1.29 is 23.8 Å². The van der Waals surface area contributed by atoms with Gasteiger partial charge in [0.15, 0.2) is 15.8 Å². The van der Waals surface area contributed by atoms with Gasteiger partial charge in [-0.15, -0.1) is 0 Å². The topological polar surface area (TPSA) is 65.1 Å². The van der Waals surface area contributed by atoms with Gasteiger partial charge in [0.25, 0.3) is 5.91 Å². The van der Waals surface area contributed by atoms with Gasteiger partial charge in [-0.25, -0.2) is 4.79 Å². The summed E-state index contributed by atoms with van der Waals surface area (Å²) >= 11 is 12.9. The van der Waals surface area contributed by atoms with E-state index >= 15 is 0 Å². The first-order valence-corrected chi connectivity index (χ1v) is 12.0. The fourth-order valence-electron chi connectivity index (χ4n) is 3.37. The Balaban J connectivity index is 1.52. The van der Waals surface area contributed by atoms with Crippen LogP contribution in [0.4, 0.5) is 5.69 Å². The number of benzene rings is 3. The summed E-state index contributed by atoms with van der Waals surface area (Å²) in [6, 6.07) is 19.4. The highest BCUT2D eigenvalue weighted by atomic mass is 35.5. The second-order valence-corrected chi connectivity index (χ2v) is 9.43. The summed E-state index contributed by atoms with van der Waals surface area (Å²) < 4.78 is 16.5. The van der Waals surface area contributed by atoms with Gasteiger partial charge in [-0.3, -0.25) is 9.69 Å². The number of carbonyl (C=O) groups is 2. The van der Waals surface area contributed by atoms with Gasteiger partial charge in [-0.05, 0) is 54.1 Å². The van der Waals surface area contributed by atoms with Crippen LogP contribution in [0.15, 0.2) is 71.6 Å². The van der Waals surface area contributed by atoms with E-state index in [9.17, 15) is 9.59 Å². The van der Waals surface area contributed by atoms with Gasteiger partial charge in [0.1, 0.15) is 6.61 Å². The Morgan fingerprint density at radius 1 is 1.06 bits per heavy atom. The van der Waals surface area contributed by atoms with Crippen LogP contribution in [-0.2, 0) is 16.1 Å². The third kappa shape index (κ3) is 5.51. The fourth-order valence-corrected chi connectivity index (χ4v) is 4.86. The van der Waals surface area contributed by atoms with Gasteiger partial charge in [-0.2, -0.15) is 0 Å². The number of hydrogen-bond donors (Lipinski definition) is 0. The molecule has 178 valence electrons. The van der Waals surface area contributed by atoms with Crippen LogP contribution in [-0.4, -0.2) is 30.4 Å². The monoisotopic (exact) mass is 525 g/mol. The number of ether oxygens (including phenoxy) is 3. The highest BCUT2D eigenvalue weighted by Crippen LogP contribution is 2.37. The fraction of sp³-hybridized carbons (Fsp3) is 0.115. The molecule has 0 unspecified atom stereocenters. The number of amides is 1. The van der Waals surface area contributed by atoms with Crippen molar-refractivity contribution in [3.05, 3.63) is 93.3 Å². The van der Waals surface area contributed by atoms with Crippen LogP contribution in [0, 0.1) is 0 Å². The molecule has 35 heavy (non-hydrogen) atoms. The number of esters is 1. The van der Waals surface area contributed by atoms with Crippen molar-refractivity contribution in [2.24, 2.45) is 0 Å². The molecule has 1 aliphatic heterocycles. The zero-order chi connectivity index (χ0) is 24.9. The van der Waals surface area contributed by atoms with E-state index in [0.717, 1.165) is 11.1 Å². The predicted octanol–water partition coefficient (Wildman–Crippen LogP) is 6.12. The maximum absolute atomic E-state index is 13.1. The van der Waals surface area contributed by atoms with Crippen LogP contribution in [0.3, 0.4) is 0 Å². The molecule has 0 radical (unpaired) electrons. The van der Waals surface area contributed by atoms with E-state index in [2.05, 4.69) is 0 Å². The normalized spacial score (nSPS) is 14.4. The number of hydrogen-bond acceptors (Lipinski definition) is 7. The Kier molecular flexibility index (Phi) is 7.75. The lowest BCUT2D eigenvalue weighted by molar-refractivity contribution is -0.113. The van der Waals surface area contributed by atoms with Gasteiger partial charge in [0.2, 0.25) is 0 Å². The third-order valence-corrected chi connectivity index (χ3v) is 6.84.